The van der Waals surface area contributed by atoms with E-state index < -0.39 is 6.36 Å². The van der Waals surface area contributed by atoms with Gasteiger partial charge in [-0.25, -0.2) is 0 Å². The fourth-order valence-corrected chi connectivity index (χ4v) is 3.18. The summed E-state index contributed by atoms with van der Waals surface area (Å²) in [6.07, 6.45) is -4.70. The summed E-state index contributed by atoms with van der Waals surface area (Å²) in [5.74, 6) is -0.163. The van der Waals surface area contributed by atoms with Crippen molar-refractivity contribution in [1.82, 2.24) is 5.32 Å². The van der Waals surface area contributed by atoms with E-state index >= 15 is 0 Å². The normalized spacial score (nSPS) is 13.2. The topological polar surface area (TPSA) is 21.3 Å². The molecular formula is C15H16F3NOS. The highest BCUT2D eigenvalue weighted by Crippen LogP contribution is 2.36. The third-order valence-corrected chi connectivity index (χ3v) is 4.11. The molecule has 0 aliphatic carbocycles. The number of aryl methyl sites for hydroxylation is 1. The van der Waals surface area contributed by atoms with Gasteiger partial charge in [0.05, 0.1) is 6.04 Å². The zero-order valence-electron chi connectivity index (χ0n) is 11.7. The van der Waals surface area contributed by atoms with Crippen LogP contribution in [0.15, 0.2) is 35.7 Å². The van der Waals surface area contributed by atoms with Crippen molar-refractivity contribution in [2.75, 3.05) is 6.54 Å². The van der Waals surface area contributed by atoms with Gasteiger partial charge in [0.25, 0.3) is 0 Å². The average Bonchev–Trinajstić information content (AvgIpc) is 2.81. The number of rotatable bonds is 5. The smallest absolute Gasteiger partial charge is 0.405 e. The summed E-state index contributed by atoms with van der Waals surface area (Å²) in [4.78, 5) is 0.995. The van der Waals surface area contributed by atoms with E-state index in [4.69, 9.17) is 0 Å². The van der Waals surface area contributed by atoms with Gasteiger partial charge in [-0.2, -0.15) is 0 Å². The number of hydrogen-bond donors (Lipinski definition) is 1. The van der Waals surface area contributed by atoms with Crippen molar-refractivity contribution >= 4 is 11.3 Å². The highest BCUT2D eigenvalue weighted by Gasteiger charge is 2.33. The zero-order valence-corrected chi connectivity index (χ0v) is 12.5. The first-order valence-corrected chi connectivity index (χ1v) is 7.42. The van der Waals surface area contributed by atoms with Gasteiger partial charge < -0.3 is 10.1 Å². The van der Waals surface area contributed by atoms with Crippen LogP contribution in [0.1, 0.15) is 29.0 Å². The van der Waals surface area contributed by atoms with Crippen molar-refractivity contribution in [3.05, 3.63) is 51.7 Å². The minimum Gasteiger partial charge on any atom is -0.405 e. The molecule has 0 radical (unpaired) electrons. The number of halogens is 3. The third kappa shape index (κ3) is 3.98. The second kappa shape index (κ2) is 6.49. The van der Waals surface area contributed by atoms with Crippen molar-refractivity contribution in [1.29, 1.82) is 0 Å². The van der Waals surface area contributed by atoms with Crippen LogP contribution in [-0.2, 0) is 0 Å². The standard InChI is InChI=1S/C15H16F3NOS/c1-3-19-13(14-10(2)8-9-21-14)11-6-4-5-7-12(11)20-15(16,17)18/h4-9,13,19H,3H2,1-2H3. The Kier molecular flexibility index (Phi) is 4.90. The molecule has 1 aromatic heterocycles. The van der Waals surface area contributed by atoms with Crippen LogP contribution < -0.4 is 10.1 Å². The number of benzene rings is 1. The Morgan fingerprint density at radius 1 is 1.24 bits per heavy atom. The summed E-state index contributed by atoms with van der Waals surface area (Å²) < 4.78 is 41.8. The lowest BCUT2D eigenvalue weighted by Gasteiger charge is -2.22. The predicted octanol–water partition coefficient (Wildman–Crippen LogP) is 4.65. The van der Waals surface area contributed by atoms with Crippen molar-refractivity contribution in [2.45, 2.75) is 26.3 Å². The van der Waals surface area contributed by atoms with Crippen LogP contribution in [0.4, 0.5) is 13.2 Å². The molecule has 1 N–H and O–H groups in total. The van der Waals surface area contributed by atoms with Gasteiger partial charge in [-0.1, -0.05) is 25.1 Å². The second-order valence-electron chi connectivity index (χ2n) is 4.54. The first-order chi connectivity index (χ1) is 9.92. The molecule has 1 aromatic carbocycles. The third-order valence-electron chi connectivity index (χ3n) is 3.03. The van der Waals surface area contributed by atoms with E-state index in [1.165, 1.54) is 23.5 Å². The minimum atomic E-state index is -4.70. The van der Waals surface area contributed by atoms with E-state index in [2.05, 4.69) is 10.1 Å². The van der Waals surface area contributed by atoms with E-state index in [9.17, 15) is 13.2 Å². The Bertz CT molecular complexity index is 595. The summed E-state index contributed by atoms with van der Waals surface area (Å²) >= 11 is 1.52. The maximum absolute atomic E-state index is 12.6. The summed E-state index contributed by atoms with van der Waals surface area (Å²) in [5.41, 5.74) is 1.54. The van der Waals surface area contributed by atoms with E-state index in [0.29, 0.717) is 12.1 Å². The van der Waals surface area contributed by atoms with Crippen LogP contribution in [0, 0.1) is 6.92 Å². The number of ether oxygens (including phenoxy) is 1. The number of nitrogens with one attached hydrogen (secondary N) is 1. The molecule has 2 aromatic rings. The van der Waals surface area contributed by atoms with Crippen LogP contribution in [0.3, 0.4) is 0 Å². The van der Waals surface area contributed by atoms with E-state index in [1.807, 2.05) is 25.3 Å². The first kappa shape index (κ1) is 15.9. The van der Waals surface area contributed by atoms with Crippen LogP contribution in [0.25, 0.3) is 0 Å². The van der Waals surface area contributed by atoms with Crippen LogP contribution in [0.2, 0.25) is 0 Å². The molecule has 0 aliphatic rings. The van der Waals surface area contributed by atoms with Crippen LogP contribution in [0.5, 0.6) is 5.75 Å². The monoisotopic (exact) mass is 315 g/mol. The number of alkyl halides is 3. The van der Waals surface area contributed by atoms with Gasteiger partial charge in [0.1, 0.15) is 5.75 Å². The van der Waals surface area contributed by atoms with E-state index in [1.54, 1.807) is 12.1 Å². The maximum Gasteiger partial charge on any atom is 0.573 e. The molecule has 6 heteroatoms. The lowest BCUT2D eigenvalue weighted by atomic mass is 10.0. The molecule has 0 saturated heterocycles. The molecular weight excluding hydrogens is 299 g/mol. The van der Waals surface area contributed by atoms with Crippen molar-refractivity contribution in [2.24, 2.45) is 0 Å². The van der Waals surface area contributed by atoms with Gasteiger partial charge in [0.15, 0.2) is 0 Å². The van der Waals surface area contributed by atoms with E-state index in [-0.39, 0.29) is 11.8 Å². The summed E-state index contributed by atoms with van der Waals surface area (Å²) in [5, 5.41) is 5.16. The Balaban J connectivity index is 2.44. The Morgan fingerprint density at radius 2 is 1.95 bits per heavy atom. The molecule has 114 valence electrons. The second-order valence-corrected chi connectivity index (χ2v) is 5.49. The highest BCUT2D eigenvalue weighted by atomic mass is 32.1. The quantitative estimate of drug-likeness (QED) is 0.867. The van der Waals surface area contributed by atoms with Gasteiger partial charge in [0.2, 0.25) is 0 Å². The van der Waals surface area contributed by atoms with Crippen LogP contribution in [-0.4, -0.2) is 12.9 Å². The molecule has 21 heavy (non-hydrogen) atoms. The molecule has 2 nitrogen and oxygen atoms in total. The SMILES string of the molecule is CCNC(c1ccccc1OC(F)(F)F)c1sccc1C. The minimum absolute atomic E-state index is 0.163. The van der Waals surface area contributed by atoms with E-state index in [0.717, 1.165) is 10.4 Å². The van der Waals surface area contributed by atoms with Gasteiger partial charge in [-0.05, 0) is 36.5 Å². The van der Waals surface area contributed by atoms with Crippen molar-refractivity contribution in [3.63, 3.8) is 0 Å². The molecule has 0 saturated carbocycles. The van der Waals surface area contributed by atoms with Gasteiger partial charge in [-0.15, -0.1) is 24.5 Å². The molecule has 0 aliphatic heterocycles. The molecule has 1 atom stereocenters. The molecule has 0 spiro atoms. The number of hydrogen-bond acceptors (Lipinski definition) is 3. The van der Waals surface area contributed by atoms with Gasteiger partial charge >= 0.3 is 6.36 Å². The molecule has 1 heterocycles. The molecule has 0 amide bonds. The Hall–Kier alpha value is -1.53. The number of para-hydroxylation sites is 1. The fourth-order valence-electron chi connectivity index (χ4n) is 2.16. The van der Waals surface area contributed by atoms with Crippen molar-refractivity contribution in [3.8, 4) is 5.75 Å². The Labute approximate surface area is 125 Å². The maximum atomic E-state index is 12.6. The lowest BCUT2D eigenvalue weighted by Crippen LogP contribution is -2.24. The largest absolute Gasteiger partial charge is 0.573 e. The summed E-state index contributed by atoms with van der Waals surface area (Å²) in [6, 6.07) is 7.90. The molecule has 0 fully saturated rings. The molecule has 1 unspecified atom stereocenters. The van der Waals surface area contributed by atoms with Gasteiger partial charge in [-0.3, -0.25) is 0 Å². The average molecular weight is 315 g/mol. The Morgan fingerprint density at radius 3 is 2.52 bits per heavy atom. The highest BCUT2D eigenvalue weighted by molar-refractivity contribution is 7.10. The lowest BCUT2D eigenvalue weighted by molar-refractivity contribution is -0.275. The number of thiophene rings is 1. The fraction of sp³-hybridized carbons (Fsp3) is 0.333. The summed E-state index contributed by atoms with van der Waals surface area (Å²) in [6.45, 7) is 4.51. The zero-order chi connectivity index (χ0) is 15.5. The predicted molar refractivity (Wildman–Crippen MR) is 77.7 cm³/mol. The van der Waals surface area contributed by atoms with Crippen LogP contribution >= 0.6 is 11.3 Å². The molecule has 2 rings (SSSR count). The molecule has 0 bridgehead atoms. The first-order valence-electron chi connectivity index (χ1n) is 6.54. The summed E-state index contributed by atoms with van der Waals surface area (Å²) in [7, 11) is 0. The van der Waals surface area contributed by atoms with Gasteiger partial charge in [0, 0.05) is 10.4 Å². The van der Waals surface area contributed by atoms with Crippen molar-refractivity contribution < 1.29 is 17.9 Å².